The van der Waals surface area contributed by atoms with Crippen LogP contribution in [-0.2, 0) is 9.59 Å². The highest BCUT2D eigenvalue weighted by Gasteiger charge is 2.45. The molecule has 0 aromatic rings. The van der Waals surface area contributed by atoms with Crippen LogP contribution in [-0.4, -0.2) is 41.4 Å². The van der Waals surface area contributed by atoms with Crippen molar-refractivity contribution in [1.29, 1.82) is 0 Å². The molecule has 3 N–H and O–H groups in total. The highest BCUT2D eigenvalue weighted by Crippen LogP contribution is 2.37. The molecule has 1 heterocycles. The Bertz CT molecular complexity index is 440. The lowest BCUT2D eigenvalue weighted by atomic mass is 9.86. The minimum Gasteiger partial charge on any atom is -0.351 e. The Hall–Kier alpha value is -1.10. The molecule has 2 amide bonds. The van der Waals surface area contributed by atoms with E-state index in [2.05, 4.69) is 12.2 Å². The number of carbonyl (C=O) groups is 2. The normalized spacial score (nSPS) is 39.3. The molecule has 22 heavy (non-hydrogen) atoms. The topological polar surface area (TPSA) is 75.4 Å². The average molecular weight is 307 g/mol. The minimum atomic E-state index is -0.0794. The van der Waals surface area contributed by atoms with Crippen LogP contribution in [0, 0.1) is 11.8 Å². The van der Waals surface area contributed by atoms with E-state index in [0.717, 1.165) is 32.1 Å². The van der Waals surface area contributed by atoms with Crippen molar-refractivity contribution in [3.8, 4) is 0 Å². The molecule has 3 aliphatic rings. The van der Waals surface area contributed by atoms with E-state index < -0.39 is 0 Å². The fourth-order valence-electron chi connectivity index (χ4n) is 4.03. The van der Waals surface area contributed by atoms with Gasteiger partial charge in [0.25, 0.3) is 0 Å². The molecular formula is C17H29N3O2. The van der Waals surface area contributed by atoms with Gasteiger partial charge in [0.1, 0.15) is 0 Å². The third-order valence-corrected chi connectivity index (χ3v) is 5.63. The van der Waals surface area contributed by atoms with Gasteiger partial charge < -0.3 is 16.0 Å². The van der Waals surface area contributed by atoms with E-state index in [-0.39, 0.29) is 29.8 Å². The first-order chi connectivity index (χ1) is 10.6. The molecule has 5 atom stereocenters. The molecule has 5 unspecified atom stereocenters. The van der Waals surface area contributed by atoms with Crippen molar-refractivity contribution < 1.29 is 9.59 Å². The molecule has 0 aromatic heterocycles. The van der Waals surface area contributed by atoms with Crippen LogP contribution in [0.2, 0.25) is 0 Å². The van der Waals surface area contributed by atoms with E-state index in [1.807, 2.05) is 4.90 Å². The maximum absolute atomic E-state index is 12.6. The van der Waals surface area contributed by atoms with Gasteiger partial charge in [-0.15, -0.1) is 0 Å². The van der Waals surface area contributed by atoms with Crippen LogP contribution in [0.4, 0.5) is 0 Å². The second-order valence-corrected chi connectivity index (χ2v) is 7.50. The van der Waals surface area contributed by atoms with Gasteiger partial charge in [0, 0.05) is 25.0 Å². The fourth-order valence-corrected chi connectivity index (χ4v) is 4.03. The van der Waals surface area contributed by atoms with Crippen molar-refractivity contribution in [3.63, 3.8) is 0 Å². The van der Waals surface area contributed by atoms with Crippen LogP contribution in [0.25, 0.3) is 0 Å². The summed E-state index contributed by atoms with van der Waals surface area (Å²) in [5, 5.41) is 3.10. The average Bonchev–Trinajstić information content (AvgIpc) is 3.05. The van der Waals surface area contributed by atoms with Gasteiger partial charge in [0.15, 0.2) is 0 Å². The highest BCUT2D eigenvalue weighted by molar-refractivity contribution is 5.84. The van der Waals surface area contributed by atoms with E-state index in [4.69, 9.17) is 5.73 Å². The zero-order valence-corrected chi connectivity index (χ0v) is 13.6. The van der Waals surface area contributed by atoms with Gasteiger partial charge in [-0.2, -0.15) is 0 Å². The second-order valence-electron chi connectivity index (χ2n) is 7.50. The van der Waals surface area contributed by atoms with Crippen molar-refractivity contribution in [2.75, 3.05) is 6.54 Å². The van der Waals surface area contributed by atoms with Crippen molar-refractivity contribution in [1.82, 2.24) is 10.2 Å². The molecule has 1 aliphatic heterocycles. The van der Waals surface area contributed by atoms with Crippen LogP contribution in [0.3, 0.4) is 0 Å². The van der Waals surface area contributed by atoms with Gasteiger partial charge in [-0.3, -0.25) is 9.59 Å². The minimum absolute atomic E-state index is 0.0227. The SMILES string of the molecule is CC1CC1N1CC(NC(=O)C2CCCCCCC2N)CC1=O. The summed E-state index contributed by atoms with van der Waals surface area (Å²) < 4.78 is 0. The summed E-state index contributed by atoms with van der Waals surface area (Å²) in [4.78, 5) is 26.6. The Morgan fingerprint density at radius 1 is 1.23 bits per heavy atom. The van der Waals surface area contributed by atoms with E-state index in [1.54, 1.807) is 0 Å². The second kappa shape index (κ2) is 6.57. The van der Waals surface area contributed by atoms with Gasteiger partial charge in [0.2, 0.25) is 11.8 Å². The number of nitrogens with zero attached hydrogens (tertiary/aromatic N) is 1. The van der Waals surface area contributed by atoms with Crippen LogP contribution in [0.5, 0.6) is 0 Å². The molecule has 2 aliphatic carbocycles. The number of nitrogens with one attached hydrogen (secondary N) is 1. The van der Waals surface area contributed by atoms with Gasteiger partial charge in [0.05, 0.1) is 12.0 Å². The molecule has 124 valence electrons. The fraction of sp³-hybridized carbons (Fsp3) is 0.882. The van der Waals surface area contributed by atoms with Crippen LogP contribution < -0.4 is 11.1 Å². The van der Waals surface area contributed by atoms with Gasteiger partial charge in [-0.25, -0.2) is 0 Å². The lowest BCUT2D eigenvalue weighted by Gasteiger charge is -2.26. The monoisotopic (exact) mass is 307 g/mol. The van der Waals surface area contributed by atoms with Crippen LogP contribution in [0.15, 0.2) is 0 Å². The molecule has 3 fully saturated rings. The molecule has 2 saturated carbocycles. The van der Waals surface area contributed by atoms with Crippen molar-refractivity contribution in [2.45, 2.75) is 76.4 Å². The number of amides is 2. The number of nitrogens with two attached hydrogens (primary N) is 1. The summed E-state index contributed by atoms with van der Waals surface area (Å²) in [5.74, 6) is 0.807. The summed E-state index contributed by atoms with van der Waals surface area (Å²) in [6.45, 7) is 2.86. The molecule has 5 nitrogen and oxygen atoms in total. The predicted molar refractivity (Wildman–Crippen MR) is 85.0 cm³/mol. The van der Waals surface area contributed by atoms with Gasteiger partial charge in [-0.05, 0) is 25.2 Å². The maximum atomic E-state index is 12.6. The van der Waals surface area contributed by atoms with Crippen LogP contribution >= 0.6 is 0 Å². The molecule has 0 bridgehead atoms. The van der Waals surface area contributed by atoms with E-state index in [1.165, 1.54) is 12.8 Å². The number of rotatable bonds is 3. The van der Waals surface area contributed by atoms with Crippen LogP contribution in [0.1, 0.15) is 58.3 Å². The van der Waals surface area contributed by atoms with E-state index in [9.17, 15) is 9.59 Å². The van der Waals surface area contributed by atoms with E-state index >= 15 is 0 Å². The Labute approximate surface area is 133 Å². The smallest absolute Gasteiger partial charge is 0.225 e. The zero-order chi connectivity index (χ0) is 15.7. The van der Waals surface area contributed by atoms with Gasteiger partial charge in [-0.1, -0.05) is 32.6 Å². The molecule has 1 saturated heterocycles. The Kier molecular flexibility index (Phi) is 4.71. The first-order valence-electron chi connectivity index (χ1n) is 8.91. The molecular weight excluding hydrogens is 278 g/mol. The lowest BCUT2D eigenvalue weighted by Crippen LogP contribution is -2.46. The number of hydrogen-bond donors (Lipinski definition) is 2. The predicted octanol–water partition coefficient (Wildman–Crippen LogP) is 1.41. The number of hydrogen-bond acceptors (Lipinski definition) is 3. The van der Waals surface area contributed by atoms with Crippen molar-refractivity contribution in [2.24, 2.45) is 17.6 Å². The molecule has 5 heteroatoms. The maximum Gasteiger partial charge on any atom is 0.225 e. The molecule has 3 rings (SSSR count). The first kappa shape index (κ1) is 15.8. The summed E-state index contributed by atoms with van der Waals surface area (Å²) in [7, 11) is 0. The summed E-state index contributed by atoms with van der Waals surface area (Å²) >= 11 is 0. The third-order valence-electron chi connectivity index (χ3n) is 5.63. The summed E-state index contributed by atoms with van der Waals surface area (Å²) in [5.41, 5.74) is 6.22. The number of likely N-dealkylation sites (tertiary alicyclic amines) is 1. The standard InChI is InChI=1S/C17H29N3O2/c1-11-8-15(11)20-10-12(9-16(20)21)19-17(22)13-6-4-2-3-5-7-14(13)18/h11-15H,2-10,18H2,1H3,(H,19,22). The van der Waals surface area contributed by atoms with E-state index in [0.29, 0.717) is 24.9 Å². The largest absolute Gasteiger partial charge is 0.351 e. The molecule has 0 radical (unpaired) electrons. The zero-order valence-electron chi connectivity index (χ0n) is 13.6. The summed E-state index contributed by atoms with van der Waals surface area (Å²) in [6.07, 6.45) is 8.03. The Morgan fingerprint density at radius 3 is 2.59 bits per heavy atom. The highest BCUT2D eigenvalue weighted by atomic mass is 16.2. The quantitative estimate of drug-likeness (QED) is 0.828. The van der Waals surface area contributed by atoms with Gasteiger partial charge >= 0.3 is 0 Å². The third kappa shape index (κ3) is 3.45. The summed E-state index contributed by atoms with van der Waals surface area (Å²) in [6, 6.07) is 0.362. The number of carbonyl (C=O) groups excluding carboxylic acids is 2. The first-order valence-corrected chi connectivity index (χ1v) is 8.91. The Morgan fingerprint density at radius 2 is 1.91 bits per heavy atom. The van der Waals surface area contributed by atoms with Crippen molar-refractivity contribution in [3.05, 3.63) is 0 Å². The molecule has 0 aromatic carbocycles. The van der Waals surface area contributed by atoms with Crippen molar-refractivity contribution >= 4 is 11.8 Å². The lowest BCUT2D eigenvalue weighted by molar-refractivity contribution is -0.128. The Balaban J connectivity index is 1.53. The molecule has 0 spiro atoms.